The number of benzene rings is 1. The Labute approximate surface area is 117 Å². The molecule has 0 aliphatic heterocycles. The molecule has 3 aromatic rings. The van der Waals surface area contributed by atoms with Crippen molar-refractivity contribution >= 4 is 22.7 Å². The number of rotatable bonds is 4. The maximum absolute atomic E-state index is 4.44. The molecule has 20 heavy (non-hydrogen) atoms. The Kier molecular flexibility index (Phi) is 3.41. The Morgan fingerprint density at radius 1 is 1.00 bits per heavy atom. The first kappa shape index (κ1) is 12.3. The molecular formula is C15H15N5. The van der Waals surface area contributed by atoms with Crippen molar-refractivity contribution in [1.82, 2.24) is 15.0 Å². The minimum Gasteiger partial charge on any atom is -0.366 e. The number of aromatic nitrogens is 3. The van der Waals surface area contributed by atoms with Gasteiger partial charge in [-0.1, -0.05) is 24.3 Å². The minimum absolute atomic E-state index is 0.603. The van der Waals surface area contributed by atoms with Gasteiger partial charge in [-0.25, -0.2) is 4.98 Å². The molecule has 0 spiro atoms. The van der Waals surface area contributed by atoms with Crippen LogP contribution < -0.4 is 10.6 Å². The van der Waals surface area contributed by atoms with Gasteiger partial charge in [-0.2, -0.15) is 4.98 Å². The van der Waals surface area contributed by atoms with Crippen LogP contribution in [0.15, 0.2) is 48.8 Å². The number of nitrogens with zero attached hydrogens (tertiary/aromatic N) is 3. The highest BCUT2D eigenvalue weighted by Gasteiger charge is 2.02. The Balaban J connectivity index is 1.83. The molecule has 0 saturated carbocycles. The van der Waals surface area contributed by atoms with Crippen LogP contribution in [0.25, 0.3) is 10.9 Å². The molecule has 0 bridgehead atoms. The zero-order valence-electron chi connectivity index (χ0n) is 11.2. The van der Waals surface area contributed by atoms with Crippen molar-refractivity contribution in [2.75, 3.05) is 17.7 Å². The zero-order valence-corrected chi connectivity index (χ0v) is 11.2. The van der Waals surface area contributed by atoms with Crippen LogP contribution in [-0.4, -0.2) is 22.0 Å². The van der Waals surface area contributed by atoms with E-state index in [4.69, 9.17) is 0 Å². The molecule has 5 nitrogen and oxygen atoms in total. The average molecular weight is 265 g/mol. The third kappa shape index (κ3) is 2.51. The first-order valence-electron chi connectivity index (χ1n) is 6.44. The highest BCUT2D eigenvalue weighted by Crippen LogP contribution is 2.17. The highest BCUT2D eigenvalue weighted by atomic mass is 15.1. The van der Waals surface area contributed by atoms with Crippen LogP contribution in [-0.2, 0) is 6.54 Å². The Morgan fingerprint density at radius 3 is 2.80 bits per heavy atom. The van der Waals surface area contributed by atoms with Crippen LogP contribution in [0.5, 0.6) is 0 Å². The summed E-state index contributed by atoms with van der Waals surface area (Å²) in [4.78, 5) is 12.9. The smallest absolute Gasteiger partial charge is 0.224 e. The van der Waals surface area contributed by atoms with Crippen LogP contribution in [0, 0.1) is 0 Å². The van der Waals surface area contributed by atoms with Crippen LogP contribution in [0.3, 0.4) is 0 Å². The van der Waals surface area contributed by atoms with Crippen LogP contribution in [0.2, 0.25) is 0 Å². The van der Waals surface area contributed by atoms with Crippen molar-refractivity contribution in [3.63, 3.8) is 0 Å². The van der Waals surface area contributed by atoms with E-state index in [1.807, 2.05) is 24.4 Å². The van der Waals surface area contributed by atoms with E-state index in [2.05, 4.69) is 43.8 Å². The Bertz CT molecular complexity index is 721. The summed E-state index contributed by atoms with van der Waals surface area (Å²) in [5.41, 5.74) is 2.16. The first-order valence-corrected chi connectivity index (χ1v) is 6.44. The molecule has 0 radical (unpaired) electrons. The van der Waals surface area contributed by atoms with Crippen LogP contribution in [0.4, 0.5) is 11.8 Å². The predicted molar refractivity (Wildman–Crippen MR) is 80.6 cm³/mol. The summed E-state index contributed by atoms with van der Waals surface area (Å²) in [5.74, 6) is 1.39. The summed E-state index contributed by atoms with van der Waals surface area (Å²) in [6.45, 7) is 0.675. The van der Waals surface area contributed by atoms with E-state index in [9.17, 15) is 0 Å². The van der Waals surface area contributed by atoms with Crippen molar-refractivity contribution in [3.8, 4) is 0 Å². The van der Waals surface area contributed by atoms with E-state index in [1.54, 1.807) is 13.2 Å². The maximum atomic E-state index is 4.44. The molecule has 0 aliphatic rings. The molecule has 0 amide bonds. The van der Waals surface area contributed by atoms with Gasteiger partial charge in [-0.3, -0.25) is 4.98 Å². The third-order valence-electron chi connectivity index (χ3n) is 3.06. The number of pyridine rings is 1. The van der Waals surface area contributed by atoms with Gasteiger partial charge >= 0.3 is 0 Å². The van der Waals surface area contributed by atoms with E-state index in [0.717, 1.165) is 22.3 Å². The molecule has 5 heteroatoms. The fourth-order valence-electron chi connectivity index (χ4n) is 2.07. The SMILES string of the molecule is CNc1nccc(NCc2cccc3cccnc23)n1. The lowest BCUT2D eigenvalue weighted by Crippen LogP contribution is -2.04. The van der Waals surface area contributed by atoms with Gasteiger partial charge in [0, 0.05) is 31.4 Å². The number of hydrogen-bond acceptors (Lipinski definition) is 5. The molecule has 0 aliphatic carbocycles. The standard InChI is InChI=1S/C15H15N5/c1-16-15-18-9-7-13(20-15)19-10-12-5-2-4-11-6-3-8-17-14(11)12/h2-9H,10H2,1H3,(H2,16,18,19,20). The van der Waals surface area contributed by atoms with Crippen molar-refractivity contribution in [2.45, 2.75) is 6.54 Å². The van der Waals surface area contributed by atoms with Crippen LogP contribution in [0.1, 0.15) is 5.56 Å². The fourth-order valence-corrected chi connectivity index (χ4v) is 2.07. The van der Waals surface area contributed by atoms with Crippen molar-refractivity contribution in [2.24, 2.45) is 0 Å². The summed E-state index contributed by atoms with van der Waals surface area (Å²) >= 11 is 0. The molecule has 0 unspecified atom stereocenters. The normalized spacial score (nSPS) is 10.4. The molecule has 0 saturated heterocycles. The molecule has 1 aromatic carbocycles. The molecule has 0 atom stereocenters. The fraction of sp³-hybridized carbons (Fsp3) is 0.133. The van der Waals surface area contributed by atoms with Crippen molar-refractivity contribution < 1.29 is 0 Å². The molecule has 2 N–H and O–H groups in total. The number of nitrogens with one attached hydrogen (secondary N) is 2. The van der Waals surface area contributed by atoms with E-state index >= 15 is 0 Å². The number of para-hydroxylation sites is 1. The summed E-state index contributed by atoms with van der Waals surface area (Å²) in [6, 6.07) is 12.0. The monoisotopic (exact) mass is 265 g/mol. The topological polar surface area (TPSA) is 62.7 Å². The van der Waals surface area contributed by atoms with E-state index < -0.39 is 0 Å². The number of fused-ring (bicyclic) bond motifs is 1. The van der Waals surface area contributed by atoms with E-state index in [0.29, 0.717) is 12.5 Å². The summed E-state index contributed by atoms with van der Waals surface area (Å²) in [5, 5.41) is 7.36. The number of anilines is 2. The molecule has 2 aromatic heterocycles. The van der Waals surface area contributed by atoms with Gasteiger partial charge in [-0.05, 0) is 17.7 Å². The molecular weight excluding hydrogens is 250 g/mol. The quantitative estimate of drug-likeness (QED) is 0.759. The van der Waals surface area contributed by atoms with E-state index in [1.165, 1.54) is 0 Å². The summed E-state index contributed by atoms with van der Waals surface area (Å²) in [7, 11) is 1.80. The van der Waals surface area contributed by atoms with Gasteiger partial charge in [0.1, 0.15) is 5.82 Å². The zero-order chi connectivity index (χ0) is 13.8. The summed E-state index contributed by atoms with van der Waals surface area (Å²) in [6.07, 6.45) is 3.54. The number of hydrogen-bond donors (Lipinski definition) is 2. The Morgan fingerprint density at radius 2 is 1.90 bits per heavy atom. The second kappa shape index (κ2) is 5.52. The van der Waals surface area contributed by atoms with Gasteiger partial charge in [0.25, 0.3) is 0 Å². The lowest BCUT2D eigenvalue weighted by molar-refractivity contribution is 1.08. The van der Waals surface area contributed by atoms with E-state index in [-0.39, 0.29) is 0 Å². The predicted octanol–water partition coefficient (Wildman–Crippen LogP) is 2.68. The average Bonchev–Trinajstić information content (AvgIpc) is 2.53. The minimum atomic E-state index is 0.603. The lowest BCUT2D eigenvalue weighted by atomic mass is 10.1. The van der Waals surface area contributed by atoms with Gasteiger partial charge in [-0.15, -0.1) is 0 Å². The summed E-state index contributed by atoms with van der Waals surface area (Å²) < 4.78 is 0. The molecule has 2 heterocycles. The Hall–Kier alpha value is -2.69. The lowest BCUT2D eigenvalue weighted by Gasteiger charge is -2.08. The third-order valence-corrected chi connectivity index (χ3v) is 3.06. The van der Waals surface area contributed by atoms with Gasteiger partial charge in [0.2, 0.25) is 5.95 Å². The van der Waals surface area contributed by atoms with Crippen molar-refractivity contribution in [3.05, 3.63) is 54.4 Å². The molecule has 0 fully saturated rings. The van der Waals surface area contributed by atoms with Crippen LogP contribution >= 0.6 is 0 Å². The maximum Gasteiger partial charge on any atom is 0.224 e. The highest BCUT2D eigenvalue weighted by molar-refractivity contribution is 5.81. The molecule has 100 valence electrons. The van der Waals surface area contributed by atoms with Gasteiger partial charge in [0.15, 0.2) is 0 Å². The van der Waals surface area contributed by atoms with Crippen molar-refractivity contribution in [1.29, 1.82) is 0 Å². The molecule has 3 rings (SSSR count). The second-order valence-electron chi connectivity index (χ2n) is 4.36. The van der Waals surface area contributed by atoms with Gasteiger partial charge in [0.05, 0.1) is 5.52 Å². The second-order valence-corrected chi connectivity index (χ2v) is 4.36. The largest absolute Gasteiger partial charge is 0.366 e. The van der Waals surface area contributed by atoms with Gasteiger partial charge < -0.3 is 10.6 Å². The first-order chi connectivity index (χ1) is 9.86.